The summed E-state index contributed by atoms with van der Waals surface area (Å²) >= 11 is 6.19. The zero-order valence-corrected chi connectivity index (χ0v) is 10.2. The minimum atomic E-state index is 0.444. The number of anilines is 2. The fourth-order valence-corrected chi connectivity index (χ4v) is 2.29. The van der Waals surface area contributed by atoms with Crippen molar-refractivity contribution < 1.29 is 0 Å². The van der Waals surface area contributed by atoms with E-state index in [1.165, 1.54) is 5.69 Å². The van der Waals surface area contributed by atoms with E-state index in [4.69, 9.17) is 11.6 Å². The third-order valence-corrected chi connectivity index (χ3v) is 3.10. The molecule has 0 radical (unpaired) electrons. The second-order valence-corrected chi connectivity index (χ2v) is 4.83. The molecule has 0 saturated carbocycles. The minimum absolute atomic E-state index is 0.444. The van der Waals surface area contributed by atoms with Gasteiger partial charge < -0.3 is 10.2 Å². The molecule has 1 heterocycles. The van der Waals surface area contributed by atoms with Gasteiger partial charge in [-0.3, -0.25) is 0 Å². The van der Waals surface area contributed by atoms with Gasteiger partial charge in [-0.25, -0.2) is 0 Å². The average molecular weight is 225 g/mol. The summed E-state index contributed by atoms with van der Waals surface area (Å²) in [5.74, 6) is 0. The van der Waals surface area contributed by atoms with Crippen molar-refractivity contribution in [2.75, 3.05) is 16.8 Å². The van der Waals surface area contributed by atoms with E-state index < -0.39 is 0 Å². The van der Waals surface area contributed by atoms with E-state index in [9.17, 15) is 0 Å². The number of hydrogen-bond donors (Lipinski definition) is 1. The molecular formula is C12H17ClN2. The average Bonchev–Trinajstić information content (AvgIpc) is 2.18. The van der Waals surface area contributed by atoms with Crippen LogP contribution in [-0.4, -0.2) is 18.6 Å². The van der Waals surface area contributed by atoms with E-state index in [0.717, 1.165) is 17.3 Å². The standard InChI is InChI=1S/C12H17ClN2/c1-8(2)15-7-9(3)14-12-10(13)5-4-6-11(12)15/h4-6,8-9,14H,7H2,1-3H3. The highest BCUT2D eigenvalue weighted by Gasteiger charge is 2.24. The molecule has 1 aliphatic rings. The molecule has 1 N–H and O–H groups in total. The van der Waals surface area contributed by atoms with Gasteiger partial charge in [0.15, 0.2) is 0 Å². The van der Waals surface area contributed by atoms with Crippen LogP contribution in [0.25, 0.3) is 0 Å². The van der Waals surface area contributed by atoms with Crippen molar-refractivity contribution in [1.82, 2.24) is 0 Å². The highest BCUT2D eigenvalue weighted by molar-refractivity contribution is 6.34. The maximum Gasteiger partial charge on any atom is 0.0770 e. The van der Waals surface area contributed by atoms with Crippen molar-refractivity contribution in [3.05, 3.63) is 23.2 Å². The molecule has 1 aromatic rings. The van der Waals surface area contributed by atoms with E-state index in [2.05, 4.69) is 37.1 Å². The number of rotatable bonds is 1. The van der Waals surface area contributed by atoms with Crippen molar-refractivity contribution >= 4 is 23.0 Å². The van der Waals surface area contributed by atoms with Crippen LogP contribution in [0, 0.1) is 0 Å². The number of fused-ring (bicyclic) bond motifs is 1. The third kappa shape index (κ3) is 1.91. The first kappa shape index (κ1) is 10.6. The SMILES string of the molecule is CC1CN(C(C)C)c2cccc(Cl)c2N1. The van der Waals surface area contributed by atoms with E-state index >= 15 is 0 Å². The molecule has 1 aromatic carbocycles. The Morgan fingerprint density at radius 1 is 1.47 bits per heavy atom. The maximum atomic E-state index is 6.19. The Morgan fingerprint density at radius 2 is 2.20 bits per heavy atom. The zero-order valence-electron chi connectivity index (χ0n) is 9.42. The Bertz CT molecular complexity index is 363. The number of halogens is 1. The summed E-state index contributed by atoms with van der Waals surface area (Å²) in [5.41, 5.74) is 2.29. The Balaban J connectivity index is 2.46. The van der Waals surface area contributed by atoms with Gasteiger partial charge in [0.25, 0.3) is 0 Å². The van der Waals surface area contributed by atoms with Crippen molar-refractivity contribution in [3.8, 4) is 0 Å². The van der Waals surface area contributed by atoms with Crippen molar-refractivity contribution in [2.24, 2.45) is 0 Å². The first-order valence-corrected chi connectivity index (χ1v) is 5.79. The van der Waals surface area contributed by atoms with Gasteiger partial charge in [-0.2, -0.15) is 0 Å². The fraction of sp³-hybridized carbons (Fsp3) is 0.500. The normalized spacial score (nSPS) is 20.1. The van der Waals surface area contributed by atoms with Crippen molar-refractivity contribution in [2.45, 2.75) is 32.9 Å². The Labute approximate surface area is 96.2 Å². The van der Waals surface area contributed by atoms with Crippen LogP contribution < -0.4 is 10.2 Å². The molecule has 0 aromatic heterocycles. The molecule has 0 aliphatic carbocycles. The summed E-state index contributed by atoms with van der Waals surface area (Å²) in [4.78, 5) is 2.39. The number of benzene rings is 1. The first-order valence-electron chi connectivity index (χ1n) is 5.41. The van der Waals surface area contributed by atoms with E-state index in [0.29, 0.717) is 12.1 Å². The van der Waals surface area contributed by atoms with Crippen LogP contribution in [0.5, 0.6) is 0 Å². The lowest BCUT2D eigenvalue weighted by molar-refractivity contribution is 0.624. The molecule has 0 saturated heterocycles. The second-order valence-electron chi connectivity index (χ2n) is 4.43. The lowest BCUT2D eigenvalue weighted by Gasteiger charge is -2.39. The van der Waals surface area contributed by atoms with Gasteiger partial charge in [-0.15, -0.1) is 0 Å². The molecular weight excluding hydrogens is 208 g/mol. The monoisotopic (exact) mass is 224 g/mol. The van der Waals surface area contributed by atoms with Gasteiger partial charge in [0.05, 0.1) is 16.4 Å². The van der Waals surface area contributed by atoms with Crippen molar-refractivity contribution in [1.29, 1.82) is 0 Å². The largest absolute Gasteiger partial charge is 0.378 e. The molecule has 1 aliphatic heterocycles. The second kappa shape index (κ2) is 3.93. The number of hydrogen-bond acceptors (Lipinski definition) is 2. The molecule has 2 rings (SSSR count). The van der Waals surface area contributed by atoms with Crippen LogP contribution >= 0.6 is 11.6 Å². The summed E-state index contributed by atoms with van der Waals surface area (Å²) in [6, 6.07) is 7.02. The predicted octanol–water partition coefficient (Wildman–Crippen LogP) is 3.37. The van der Waals surface area contributed by atoms with Crippen LogP contribution in [-0.2, 0) is 0 Å². The summed E-state index contributed by atoms with van der Waals surface area (Å²) in [5, 5.41) is 4.25. The summed E-state index contributed by atoms with van der Waals surface area (Å²) in [6.45, 7) is 7.64. The zero-order chi connectivity index (χ0) is 11.0. The smallest absolute Gasteiger partial charge is 0.0770 e. The maximum absolute atomic E-state index is 6.19. The van der Waals surface area contributed by atoms with Gasteiger partial charge in [-0.05, 0) is 32.9 Å². The third-order valence-electron chi connectivity index (χ3n) is 2.79. The molecule has 1 unspecified atom stereocenters. The van der Waals surface area contributed by atoms with Crippen LogP contribution in [0.4, 0.5) is 11.4 Å². The van der Waals surface area contributed by atoms with E-state index in [-0.39, 0.29) is 0 Å². The highest BCUT2D eigenvalue weighted by Crippen LogP contribution is 2.37. The number of nitrogens with one attached hydrogen (secondary N) is 1. The minimum Gasteiger partial charge on any atom is -0.378 e. The van der Waals surface area contributed by atoms with Gasteiger partial charge in [0.2, 0.25) is 0 Å². The topological polar surface area (TPSA) is 15.3 Å². The van der Waals surface area contributed by atoms with Gasteiger partial charge >= 0.3 is 0 Å². The van der Waals surface area contributed by atoms with Gasteiger partial charge in [0, 0.05) is 18.6 Å². The van der Waals surface area contributed by atoms with Gasteiger partial charge in [-0.1, -0.05) is 17.7 Å². The van der Waals surface area contributed by atoms with Crippen molar-refractivity contribution in [3.63, 3.8) is 0 Å². The van der Waals surface area contributed by atoms with Crippen LogP contribution in [0.15, 0.2) is 18.2 Å². The highest BCUT2D eigenvalue weighted by atomic mass is 35.5. The molecule has 1 atom stereocenters. The molecule has 0 amide bonds. The molecule has 82 valence electrons. The Hall–Kier alpha value is -0.890. The molecule has 15 heavy (non-hydrogen) atoms. The number of nitrogens with zero attached hydrogens (tertiary/aromatic N) is 1. The molecule has 0 bridgehead atoms. The quantitative estimate of drug-likeness (QED) is 0.787. The van der Waals surface area contributed by atoms with E-state index in [1.54, 1.807) is 0 Å². The Morgan fingerprint density at radius 3 is 2.87 bits per heavy atom. The summed E-state index contributed by atoms with van der Waals surface area (Å²) in [6.07, 6.45) is 0. The van der Waals surface area contributed by atoms with Crippen LogP contribution in [0.2, 0.25) is 5.02 Å². The summed E-state index contributed by atoms with van der Waals surface area (Å²) in [7, 11) is 0. The Kier molecular flexibility index (Phi) is 2.79. The molecule has 0 fully saturated rings. The molecule has 2 nitrogen and oxygen atoms in total. The molecule has 0 spiro atoms. The lowest BCUT2D eigenvalue weighted by atomic mass is 10.1. The first-order chi connectivity index (χ1) is 7.09. The molecule has 3 heteroatoms. The number of para-hydroxylation sites is 1. The van der Waals surface area contributed by atoms with Crippen LogP contribution in [0.3, 0.4) is 0 Å². The fourth-order valence-electron chi connectivity index (χ4n) is 2.07. The van der Waals surface area contributed by atoms with E-state index in [1.807, 2.05) is 12.1 Å². The summed E-state index contributed by atoms with van der Waals surface area (Å²) < 4.78 is 0. The van der Waals surface area contributed by atoms with Crippen LogP contribution in [0.1, 0.15) is 20.8 Å². The van der Waals surface area contributed by atoms with Gasteiger partial charge in [0.1, 0.15) is 0 Å². The lowest BCUT2D eigenvalue weighted by Crippen LogP contribution is -2.43. The predicted molar refractivity (Wildman–Crippen MR) is 67.0 cm³/mol.